The number of aryl methyl sites for hydroxylation is 1. The number of thiophene rings is 1. The lowest BCUT2D eigenvalue weighted by Crippen LogP contribution is -2.51. The van der Waals surface area contributed by atoms with Gasteiger partial charge >= 0.3 is 18.3 Å². The number of esters is 1. The molecule has 0 radical (unpaired) electrons. The first kappa shape index (κ1) is 30.0. The number of carbonyl (C=O) groups is 1. The summed E-state index contributed by atoms with van der Waals surface area (Å²) < 4.78 is 96.1. The van der Waals surface area contributed by atoms with Gasteiger partial charge < -0.3 is 9.47 Å². The quantitative estimate of drug-likeness (QED) is 0.109. The lowest BCUT2D eigenvalue weighted by Gasteiger charge is -2.37. The second kappa shape index (κ2) is 11.5. The number of halogens is 6. The van der Waals surface area contributed by atoms with Gasteiger partial charge in [0.15, 0.2) is 0 Å². The lowest BCUT2D eigenvalue weighted by atomic mass is 9.83. The zero-order valence-electron chi connectivity index (χ0n) is 22.1. The number of carbonyl (C=O) groups excluding carboxylic acids is 1. The third-order valence-electron chi connectivity index (χ3n) is 7.56. The molecule has 0 aliphatic heterocycles. The fraction of sp³-hybridized carbons (Fsp3) is 0.433. The smallest absolute Gasteiger partial charge is 0.417 e. The topological polar surface area (TPSA) is 35.5 Å². The lowest BCUT2D eigenvalue weighted by molar-refractivity contribution is -0.262. The Bertz CT molecular complexity index is 1380. The maximum Gasteiger partial charge on any atom is 0.417 e. The summed E-state index contributed by atoms with van der Waals surface area (Å²) in [5, 5.41) is 0.648. The summed E-state index contributed by atoms with van der Waals surface area (Å²) in [6.45, 7) is 6.24. The molecule has 0 saturated heterocycles. The average Bonchev–Trinajstić information content (AvgIpc) is 3.45. The van der Waals surface area contributed by atoms with Crippen LogP contribution in [0, 0.1) is 5.41 Å². The molecule has 1 fully saturated rings. The van der Waals surface area contributed by atoms with Crippen LogP contribution in [0.2, 0.25) is 0 Å². The van der Waals surface area contributed by atoms with Crippen molar-refractivity contribution in [2.75, 3.05) is 0 Å². The van der Waals surface area contributed by atoms with Crippen LogP contribution in [0.3, 0.4) is 0 Å². The normalized spacial score (nSPS) is 21.5. The van der Waals surface area contributed by atoms with Crippen molar-refractivity contribution < 1.29 is 40.6 Å². The van der Waals surface area contributed by atoms with Gasteiger partial charge in [-0.15, -0.1) is 11.3 Å². The molecule has 0 N–H and O–H groups in total. The molecule has 3 nitrogen and oxygen atoms in total. The average molecular weight is 585 g/mol. The number of benzene rings is 2. The Morgan fingerprint density at radius 1 is 1.05 bits per heavy atom. The summed E-state index contributed by atoms with van der Waals surface area (Å²) in [7, 11) is 0. The molecule has 4 rings (SSSR count). The minimum Gasteiger partial charge on any atom is -0.489 e. The van der Waals surface area contributed by atoms with Gasteiger partial charge in [-0.3, -0.25) is 0 Å². The maximum absolute atomic E-state index is 14.2. The molecule has 3 atom stereocenters. The minimum atomic E-state index is -4.73. The van der Waals surface area contributed by atoms with Crippen molar-refractivity contribution in [1.29, 1.82) is 0 Å². The number of hydrogen-bond acceptors (Lipinski definition) is 4. The highest BCUT2D eigenvalue weighted by molar-refractivity contribution is 7.22. The Balaban J connectivity index is 1.63. The molecular weight excluding hydrogens is 554 g/mol. The van der Waals surface area contributed by atoms with Gasteiger partial charge in [-0.05, 0) is 73.9 Å². The molecule has 216 valence electrons. The van der Waals surface area contributed by atoms with E-state index in [2.05, 4.69) is 6.58 Å². The molecular formula is C30H30F6O3S. The number of alkyl halides is 6. The van der Waals surface area contributed by atoms with E-state index < -0.39 is 41.5 Å². The van der Waals surface area contributed by atoms with E-state index >= 15 is 0 Å². The second-order valence-electron chi connectivity index (χ2n) is 10.2. The molecule has 2 aromatic carbocycles. The highest BCUT2D eigenvalue weighted by Gasteiger charge is 2.66. The third-order valence-corrected chi connectivity index (χ3v) is 8.69. The van der Waals surface area contributed by atoms with Crippen LogP contribution in [0.1, 0.15) is 57.1 Å². The highest BCUT2D eigenvalue weighted by Crippen LogP contribution is 2.53. The predicted octanol–water partition coefficient (Wildman–Crippen LogP) is 9.53. The van der Waals surface area contributed by atoms with E-state index in [1.54, 1.807) is 18.2 Å². The molecule has 40 heavy (non-hydrogen) atoms. The Labute approximate surface area is 232 Å². The molecule has 3 aromatic rings. The standard InChI is InChI=1S/C30H30F6O3S/c1-4-6-7-8-18-9-12-21(22(15-18)29(31,32)33)24-16-19-10-11-20(17-23(19)40-24)38-25-13-14-26(39-27(37)5-2)28(25,3)30(34,35)36/h5,9-12,15-17,25-26H,2,4,6-8,13-14H2,1,3H3. The van der Waals surface area contributed by atoms with Gasteiger partial charge in [0.05, 0.1) is 5.56 Å². The highest BCUT2D eigenvalue weighted by atomic mass is 32.1. The zero-order valence-corrected chi connectivity index (χ0v) is 22.9. The molecule has 1 saturated carbocycles. The van der Waals surface area contributed by atoms with Gasteiger partial charge in [0.2, 0.25) is 0 Å². The summed E-state index contributed by atoms with van der Waals surface area (Å²) in [6.07, 6.45) is -7.98. The van der Waals surface area contributed by atoms with Crippen LogP contribution in [0.25, 0.3) is 20.5 Å². The Morgan fingerprint density at radius 3 is 2.42 bits per heavy atom. The molecule has 0 amide bonds. The van der Waals surface area contributed by atoms with Crippen molar-refractivity contribution in [1.82, 2.24) is 0 Å². The first-order valence-electron chi connectivity index (χ1n) is 13.1. The monoisotopic (exact) mass is 584 g/mol. The van der Waals surface area contributed by atoms with Crippen LogP contribution >= 0.6 is 11.3 Å². The maximum atomic E-state index is 14.2. The Hall–Kier alpha value is -3.01. The molecule has 1 heterocycles. The van der Waals surface area contributed by atoms with Crippen molar-refractivity contribution in [3.63, 3.8) is 0 Å². The fourth-order valence-corrected chi connectivity index (χ4v) is 6.31. The number of fused-ring (bicyclic) bond motifs is 1. The largest absolute Gasteiger partial charge is 0.489 e. The van der Waals surface area contributed by atoms with Gasteiger partial charge in [-0.2, -0.15) is 26.3 Å². The molecule has 3 unspecified atom stereocenters. The molecule has 1 aliphatic carbocycles. The van der Waals surface area contributed by atoms with Crippen molar-refractivity contribution in [3.05, 3.63) is 66.2 Å². The number of rotatable bonds is 9. The first-order valence-corrected chi connectivity index (χ1v) is 13.9. The zero-order chi connectivity index (χ0) is 29.3. The van der Waals surface area contributed by atoms with Crippen molar-refractivity contribution in [2.24, 2.45) is 5.41 Å². The second-order valence-corrected chi connectivity index (χ2v) is 11.3. The summed E-state index contributed by atoms with van der Waals surface area (Å²) in [5.41, 5.74) is -2.48. The van der Waals surface area contributed by atoms with Crippen LogP contribution in [0.5, 0.6) is 5.75 Å². The van der Waals surface area contributed by atoms with E-state index in [0.717, 1.165) is 43.6 Å². The van der Waals surface area contributed by atoms with Gasteiger partial charge in [0.1, 0.15) is 23.4 Å². The van der Waals surface area contributed by atoms with Crippen LogP contribution in [-0.2, 0) is 22.1 Å². The van der Waals surface area contributed by atoms with Gasteiger partial charge in [0, 0.05) is 21.2 Å². The van der Waals surface area contributed by atoms with E-state index in [1.165, 1.54) is 24.3 Å². The van der Waals surface area contributed by atoms with E-state index in [4.69, 9.17) is 9.47 Å². The van der Waals surface area contributed by atoms with Crippen molar-refractivity contribution in [2.45, 2.75) is 76.9 Å². The predicted molar refractivity (Wildman–Crippen MR) is 143 cm³/mol. The van der Waals surface area contributed by atoms with Crippen molar-refractivity contribution >= 4 is 27.4 Å². The Kier molecular flexibility index (Phi) is 8.59. The van der Waals surface area contributed by atoms with E-state index in [9.17, 15) is 31.1 Å². The third kappa shape index (κ3) is 6.01. The minimum absolute atomic E-state index is 0.00161. The summed E-state index contributed by atoms with van der Waals surface area (Å²) in [4.78, 5) is 12.1. The number of unbranched alkanes of at least 4 members (excludes halogenated alkanes) is 2. The van der Waals surface area contributed by atoms with Crippen LogP contribution in [-0.4, -0.2) is 24.4 Å². The van der Waals surface area contributed by atoms with Gasteiger partial charge in [-0.25, -0.2) is 4.79 Å². The Morgan fingerprint density at radius 2 is 1.77 bits per heavy atom. The van der Waals surface area contributed by atoms with Gasteiger partial charge in [0.25, 0.3) is 0 Å². The van der Waals surface area contributed by atoms with Crippen LogP contribution in [0.4, 0.5) is 26.3 Å². The van der Waals surface area contributed by atoms with Crippen LogP contribution in [0.15, 0.2) is 55.1 Å². The summed E-state index contributed by atoms with van der Waals surface area (Å²) in [6, 6.07) is 10.7. The SMILES string of the molecule is C=CC(=O)OC1CCC(Oc2ccc3cc(-c4ccc(CCCCC)cc4C(F)(F)F)sc3c2)C1(C)C(F)(F)F. The van der Waals surface area contributed by atoms with E-state index in [-0.39, 0.29) is 24.2 Å². The molecule has 0 bridgehead atoms. The molecule has 0 spiro atoms. The molecule has 10 heteroatoms. The van der Waals surface area contributed by atoms with Crippen LogP contribution < -0.4 is 4.74 Å². The molecule has 1 aromatic heterocycles. The first-order chi connectivity index (χ1) is 18.8. The summed E-state index contributed by atoms with van der Waals surface area (Å²) >= 11 is 1.11. The summed E-state index contributed by atoms with van der Waals surface area (Å²) in [5.74, 6) is -0.791. The number of ether oxygens (including phenoxy) is 2. The van der Waals surface area contributed by atoms with E-state index in [1.807, 2.05) is 6.92 Å². The fourth-order valence-electron chi connectivity index (χ4n) is 5.18. The van der Waals surface area contributed by atoms with Crippen molar-refractivity contribution in [3.8, 4) is 16.2 Å². The van der Waals surface area contributed by atoms with Gasteiger partial charge in [-0.1, -0.05) is 38.5 Å². The molecule has 1 aliphatic rings. The van der Waals surface area contributed by atoms with E-state index in [0.29, 0.717) is 26.9 Å². The number of hydrogen-bond donors (Lipinski definition) is 0.